The topological polar surface area (TPSA) is 50.1 Å². The third-order valence-electron chi connectivity index (χ3n) is 2.97. The van der Waals surface area contributed by atoms with Gasteiger partial charge in [0.05, 0.1) is 17.2 Å². The molecule has 0 unspecified atom stereocenters. The van der Waals surface area contributed by atoms with Crippen molar-refractivity contribution in [3.05, 3.63) is 70.5 Å². The van der Waals surface area contributed by atoms with Gasteiger partial charge in [0.25, 0.3) is 0 Å². The lowest BCUT2D eigenvalue weighted by Gasteiger charge is -2.06. The molecule has 0 radical (unpaired) electrons. The Kier molecular flexibility index (Phi) is 4.99. The Hall–Kier alpha value is -3.14. The monoisotopic (exact) mass is 335 g/mol. The van der Waals surface area contributed by atoms with Gasteiger partial charge in [0.2, 0.25) is 5.83 Å². The molecule has 122 valence electrons. The molecule has 0 bridgehead atoms. The molecule has 2 rings (SSSR count). The second kappa shape index (κ2) is 6.96. The van der Waals surface area contributed by atoms with Crippen LogP contribution in [0.3, 0.4) is 0 Å². The zero-order chi connectivity index (χ0) is 17.9. The number of hydrogen-bond donors (Lipinski definition) is 0. The number of benzene rings is 2. The second-order valence-electron chi connectivity index (χ2n) is 4.76. The normalized spacial score (nSPS) is 11.5. The fourth-order valence-electron chi connectivity index (χ4n) is 1.86. The summed E-state index contributed by atoms with van der Waals surface area (Å²) in [5.41, 5.74) is -0.849. The van der Waals surface area contributed by atoms with Gasteiger partial charge in [-0.25, -0.2) is 18.0 Å². The standard InChI is InChI=1S/C17H9F4NO2/c1-9-6-12(18)14(13(19)7-9)15(20)16(21)17(23)24-11-4-2-10(8-22)3-5-11/h2-7H,1H3. The minimum absolute atomic E-state index is 0.160. The van der Waals surface area contributed by atoms with Crippen LogP contribution in [0.25, 0.3) is 5.83 Å². The number of halogens is 4. The van der Waals surface area contributed by atoms with E-state index in [1.54, 1.807) is 0 Å². The molecule has 0 saturated heterocycles. The van der Waals surface area contributed by atoms with E-state index in [2.05, 4.69) is 4.74 Å². The molecule has 24 heavy (non-hydrogen) atoms. The van der Waals surface area contributed by atoms with Crippen molar-refractivity contribution in [3.8, 4) is 11.8 Å². The molecule has 0 heterocycles. The van der Waals surface area contributed by atoms with Crippen LogP contribution in [-0.4, -0.2) is 5.97 Å². The summed E-state index contributed by atoms with van der Waals surface area (Å²) in [6.07, 6.45) is 0. The third kappa shape index (κ3) is 3.60. The Morgan fingerprint density at radius 3 is 2.12 bits per heavy atom. The Labute approximate surface area is 134 Å². The van der Waals surface area contributed by atoms with Crippen LogP contribution in [0.2, 0.25) is 0 Å². The predicted molar refractivity (Wildman–Crippen MR) is 77.0 cm³/mol. The maximum Gasteiger partial charge on any atom is 0.375 e. The van der Waals surface area contributed by atoms with E-state index in [0.29, 0.717) is 0 Å². The van der Waals surface area contributed by atoms with E-state index in [9.17, 15) is 22.4 Å². The molecule has 7 heteroatoms. The first-order chi connectivity index (χ1) is 11.3. The molecular weight excluding hydrogens is 326 g/mol. The highest BCUT2D eigenvalue weighted by molar-refractivity contribution is 5.95. The zero-order valence-corrected chi connectivity index (χ0v) is 12.2. The molecule has 3 nitrogen and oxygen atoms in total. The molecule has 0 saturated carbocycles. The van der Waals surface area contributed by atoms with Gasteiger partial charge in [0, 0.05) is 0 Å². The van der Waals surface area contributed by atoms with Crippen molar-refractivity contribution in [1.82, 2.24) is 0 Å². The molecule has 2 aromatic rings. The molecule has 0 aliphatic carbocycles. The van der Waals surface area contributed by atoms with Gasteiger partial charge in [-0.15, -0.1) is 0 Å². The average Bonchev–Trinajstić information content (AvgIpc) is 2.53. The summed E-state index contributed by atoms with van der Waals surface area (Å²) in [5, 5.41) is 8.62. The zero-order valence-electron chi connectivity index (χ0n) is 12.2. The van der Waals surface area contributed by atoms with Crippen LogP contribution in [-0.2, 0) is 4.79 Å². The Bertz CT molecular complexity index is 844. The molecular formula is C17H9F4NO2. The molecule has 0 fully saturated rings. The number of ether oxygens (including phenoxy) is 1. The largest absolute Gasteiger partial charge is 0.421 e. The number of nitrogens with zero attached hydrogens (tertiary/aromatic N) is 1. The molecule has 0 spiro atoms. The van der Waals surface area contributed by atoms with E-state index in [1.807, 2.05) is 6.07 Å². The summed E-state index contributed by atoms with van der Waals surface area (Å²) in [5.74, 6) is -8.66. The number of carbonyl (C=O) groups excluding carboxylic acids is 1. The number of nitriles is 1. The number of aryl methyl sites for hydroxylation is 1. The minimum atomic E-state index is -2.07. The van der Waals surface area contributed by atoms with E-state index in [-0.39, 0.29) is 16.9 Å². The number of carbonyl (C=O) groups is 1. The first-order valence-corrected chi connectivity index (χ1v) is 6.57. The van der Waals surface area contributed by atoms with Gasteiger partial charge >= 0.3 is 5.97 Å². The lowest BCUT2D eigenvalue weighted by atomic mass is 10.1. The fraction of sp³-hybridized carbons (Fsp3) is 0.0588. The van der Waals surface area contributed by atoms with E-state index < -0.39 is 34.8 Å². The van der Waals surface area contributed by atoms with Gasteiger partial charge in [-0.05, 0) is 48.9 Å². The number of rotatable bonds is 3. The quantitative estimate of drug-likeness (QED) is 0.362. The molecule has 0 N–H and O–H groups in total. The van der Waals surface area contributed by atoms with Crippen molar-refractivity contribution in [3.63, 3.8) is 0 Å². The van der Waals surface area contributed by atoms with Crippen LogP contribution >= 0.6 is 0 Å². The molecule has 0 aliphatic heterocycles. The molecule has 2 aromatic carbocycles. The van der Waals surface area contributed by atoms with Gasteiger partial charge in [-0.3, -0.25) is 0 Å². The highest BCUT2D eigenvalue weighted by atomic mass is 19.2. The first kappa shape index (κ1) is 17.2. The van der Waals surface area contributed by atoms with E-state index in [0.717, 1.165) is 12.1 Å². The number of esters is 1. The van der Waals surface area contributed by atoms with Crippen molar-refractivity contribution in [2.75, 3.05) is 0 Å². The Morgan fingerprint density at radius 1 is 1.08 bits per heavy atom. The predicted octanol–water partition coefficient (Wildman–Crippen LogP) is 4.36. The summed E-state index contributed by atoms with van der Waals surface area (Å²) in [7, 11) is 0. The SMILES string of the molecule is Cc1cc(F)c(C(F)=C(F)C(=O)Oc2ccc(C#N)cc2)c(F)c1. The van der Waals surface area contributed by atoms with Gasteiger partial charge in [0.15, 0.2) is 5.83 Å². The van der Waals surface area contributed by atoms with Crippen LogP contribution in [0.5, 0.6) is 5.75 Å². The smallest absolute Gasteiger partial charge is 0.375 e. The summed E-state index contributed by atoms with van der Waals surface area (Å²) in [6.45, 7) is 1.37. The van der Waals surface area contributed by atoms with Gasteiger partial charge in [-0.2, -0.15) is 9.65 Å². The van der Waals surface area contributed by atoms with Crippen molar-refractivity contribution < 1.29 is 27.1 Å². The van der Waals surface area contributed by atoms with Gasteiger partial charge in [0.1, 0.15) is 17.4 Å². The lowest BCUT2D eigenvalue weighted by Crippen LogP contribution is -2.10. The van der Waals surface area contributed by atoms with Crippen molar-refractivity contribution in [2.45, 2.75) is 6.92 Å². The highest BCUT2D eigenvalue weighted by Crippen LogP contribution is 2.28. The molecule has 0 amide bonds. The summed E-state index contributed by atoms with van der Waals surface area (Å²) >= 11 is 0. The highest BCUT2D eigenvalue weighted by Gasteiger charge is 2.24. The van der Waals surface area contributed by atoms with Crippen LogP contribution < -0.4 is 4.74 Å². The second-order valence-corrected chi connectivity index (χ2v) is 4.76. The maximum absolute atomic E-state index is 13.9. The summed E-state index contributed by atoms with van der Waals surface area (Å²) in [6, 6.07) is 8.39. The summed E-state index contributed by atoms with van der Waals surface area (Å²) in [4.78, 5) is 11.6. The Morgan fingerprint density at radius 2 is 1.62 bits per heavy atom. The minimum Gasteiger partial charge on any atom is -0.421 e. The van der Waals surface area contributed by atoms with Crippen LogP contribution in [0.15, 0.2) is 42.2 Å². The molecule has 0 aromatic heterocycles. The fourth-order valence-corrected chi connectivity index (χ4v) is 1.86. The van der Waals surface area contributed by atoms with Crippen LogP contribution in [0, 0.1) is 29.9 Å². The van der Waals surface area contributed by atoms with Gasteiger partial charge < -0.3 is 4.74 Å². The maximum atomic E-state index is 13.9. The van der Waals surface area contributed by atoms with E-state index in [4.69, 9.17) is 5.26 Å². The van der Waals surface area contributed by atoms with Crippen LogP contribution in [0.4, 0.5) is 17.6 Å². The number of hydrogen-bond acceptors (Lipinski definition) is 3. The lowest BCUT2D eigenvalue weighted by molar-refractivity contribution is -0.131. The van der Waals surface area contributed by atoms with E-state index in [1.165, 1.54) is 31.2 Å². The van der Waals surface area contributed by atoms with Crippen molar-refractivity contribution >= 4 is 11.8 Å². The van der Waals surface area contributed by atoms with Gasteiger partial charge in [-0.1, -0.05) is 0 Å². The first-order valence-electron chi connectivity index (χ1n) is 6.57. The van der Waals surface area contributed by atoms with Crippen LogP contribution in [0.1, 0.15) is 16.7 Å². The summed E-state index contributed by atoms with van der Waals surface area (Å²) < 4.78 is 59.6. The molecule has 0 atom stereocenters. The third-order valence-corrected chi connectivity index (χ3v) is 2.97. The van der Waals surface area contributed by atoms with Crippen molar-refractivity contribution in [1.29, 1.82) is 5.26 Å². The Balaban J connectivity index is 2.31. The van der Waals surface area contributed by atoms with Crippen molar-refractivity contribution in [2.24, 2.45) is 0 Å². The average molecular weight is 335 g/mol. The molecule has 0 aliphatic rings. The van der Waals surface area contributed by atoms with E-state index >= 15 is 0 Å².